The van der Waals surface area contributed by atoms with E-state index in [2.05, 4.69) is 10.1 Å². The van der Waals surface area contributed by atoms with Crippen LogP contribution in [0.1, 0.15) is 5.89 Å². The maximum absolute atomic E-state index is 12.3. The highest BCUT2D eigenvalue weighted by atomic mass is 35.5. The van der Waals surface area contributed by atoms with Crippen LogP contribution in [0.5, 0.6) is 5.75 Å². The first-order valence-electron chi connectivity index (χ1n) is 7.84. The summed E-state index contributed by atoms with van der Waals surface area (Å²) in [6.07, 6.45) is 2.02. The van der Waals surface area contributed by atoms with Crippen LogP contribution in [-0.4, -0.2) is 28.9 Å². The number of anilines is 1. The molecule has 1 amide bonds. The minimum absolute atomic E-state index is 0.0511. The van der Waals surface area contributed by atoms with Crippen LogP contribution in [-0.2, 0) is 11.3 Å². The molecule has 0 unspecified atom stereocenters. The van der Waals surface area contributed by atoms with E-state index >= 15 is 0 Å². The monoisotopic (exact) mass is 387 g/mol. The molecule has 0 spiro atoms. The number of aromatic nitrogens is 2. The Labute approximate surface area is 159 Å². The zero-order valence-corrected chi connectivity index (χ0v) is 15.4. The molecule has 0 radical (unpaired) electrons. The van der Waals surface area contributed by atoms with Crippen molar-refractivity contribution >= 4 is 35.0 Å². The molecular formula is C18H14ClN3O3S. The van der Waals surface area contributed by atoms with Gasteiger partial charge in [-0.2, -0.15) is 4.98 Å². The summed E-state index contributed by atoms with van der Waals surface area (Å²) in [6.45, 7) is 0.122. The first-order valence-corrected chi connectivity index (χ1v) is 9.44. The number of carbonyl (C=O) groups is 1. The molecule has 1 aliphatic rings. The summed E-state index contributed by atoms with van der Waals surface area (Å²) in [5.41, 5.74) is 1.49. The molecule has 0 saturated heterocycles. The van der Waals surface area contributed by atoms with E-state index in [1.807, 2.05) is 30.5 Å². The van der Waals surface area contributed by atoms with Crippen molar-refractivity contribution in [2.75, 3.05) is 17.8 Å². The second-order valence-electron chi connectivity index (χ2n) is 5.62. The molecule has 0 fully saturated rings. The lowest BCUT2D eigenvalue weighted by molar-refractivity contribution is -0.121. The van der Waals surface area contributed by atoms with Gasteiger partial charge in [-0.05, 0) is 42.7 Å². The summed E-state index contributed by atoms with van der Waals surface area (Å²) < 4.78 is 10.8. The largest absolute Gasteiger partial charge is 0.482 e. The van der Waals surface area contributed by atoms with Crippen molar-refractivity contribution in [3.63, 3.8) is 0 Å². The quantitative estimate of drug-likeness (QED) is 0.629. The number of amides is 1. The molecule has 0 bridgehead atoms. The molecule has 0 aliphatic carbocycles. The smallest absolute Gasteiger partial charge is 0.265 e. The lowest BCUT2D eigenvalue weighted by Gasteiger charge is -2.28. The summed E-state index contributed by atoms with van der Waals surface area (Å²) in [4.78, 5) is 19.4. The standard InChI is InChI=1S/C18H14ClN3O3S/c1-26-13-5-2-11(3-6-13)18-20-16(25-21-18)9-22-14-7-4-12(19)8-15(14)24-10-17(22)23/h2-8H,9-10H2,1H3. The molecule has 0 N–H and O–H groups in total. The van der Waals surface area contributed by atoms with Crippen LogP contribution in [0.3, 0.4) is 0 Å². The maximum atomic E-state index is 12.3. The number of thioether (sulfide) groups is 1. The van der Waals surface area contributed by atoms with Gasteiger partial charge >= 0.3 is 0 Å². The van der Waals surface area contributed by atoms with Gasteiger partial charge in [0.15, 0.2) is 6.61 Å². The van der Waals surface area contributed by atoms with Crippen molar-refractivity contribution in [1.82, 2.24) is 10.1 Å². The van der Waals surface area contributed by atoms with Crippen LogP contribution in [0.15, 0.2) is 51.9 Å². The summed E-state index contributed by atoms with van der Waals surface area (Å²) in [6, 6.07) is 13.0. The number of carbonyl (C=O) groups excluding carboxylic acids is 1. The topological polar surface area (TPSA) is 68.5 Å². The predicted molar refractivity (Wildman–Crippen MR) is 99.7 cm³/mol. The molecular weight excluding hydrogens is 374 g/mol. The second kappa shape index (κ2) is 7.01. The van der Waals surface area contributed by atoms with E-state index in [0.717, 1.165) is 10.5 Å². The summed E-state index contributed by atoms with van der Waals surface area (Å²) in [5, 5.41) is 4.57. The molecule has 26 heavy (non-hydrogen) atoms. The predicted octanol–water partition coefficient (Wildman–Crippen LogP) is 4.04. The lowest BCUT2D eigenvalue weighted by atomic mass is 10.2. The van der Waals surface area contributed by atoms with Crippen LogP contribution >= 0.6 is 23.4 Å². The van der Waals surface area contributed by atoms with Crippen LogP contribution in [0.25, 0.3) is 11.4 Å². The Kier molecular flexibility index (Phi) is 4.57. The number of ether oxygens (including phenoxy) is 1. The second-order valence-corrected chi connectivity index (χ2v) is 6.94. The minimum Gasteiger partial charge on any atom is -0.482 e. The average molecular weight is 388 g/mol. The SMILES string of the molecule is CSc1ccc(-c2noc(CN3C(=O)COc4cc(Cl)ccc43)n2)cc1. The highest BCUT2D eigenvalue weighted by Crippen LogP contribution is 2.35. The van der Waals surface area contributed by atoms with Gasteiger partial charge in [-0.3, -0.25) is 9.69 Å². The Bertz CT molecular complexity index is 959. The van der Waals surface area contributed by atoms with Gasteiger partial charge in [-0.25, -0.2) is 0 Å². The average Bonchev–Trinajstić information content (AvgIpc) is 3.13. The number of rotatable bonds is 4. The molecule has 0 saturated carbocycles. The molecule has 1 aromatic heterocycles. The van der Waals surface area contributed by atoms with Gasteiger partial charge in [-0.1, -0.05) is 16.8 Å². The van der Waals surface area contributed by atoms with Crippen LogP contribution in [0.4, 0.5) is 5.69 Å². The van der Waals surface area contributed by atoms with E-state index in [-0.39, 0.29) is 19.1 Å². The van der Waals surface area contributed by atoms with E-state index in [0.29, 0.717) is 28.2 Å². The van der Waals surface area contributed by atoms with Crippen LogP contribution < -0.4 is 9.64 Å². The Hall–Kier alpha value is -2.51. The van der Waals surface area contributed by atoms with Crippen molar-refractivity contribution in [2.24, 2.45) is 0 Å². The van der Waals surface area contributed by atoms with Gasteiger partial charge in [0, 0.05) is 21.5 Å². The van der Waals surface area contributed by atoms with Crippen molar-refractivity contribution in [1.29, 1.82) is 0 Å². The van der Waals surface area contributed by atoms with Crippen LogP contribution in [0, 0.1) is 0 Å². The Morgan fingerprint density at radius 3 is 2.81 bits per heavy atom. The van der Waals surface area contributed by atoms with Crippen molar-refractivity contribution in [3.05, 3.63) is 53.4 Å². The fourth-order valence-electron chi connectivity index (χ4n) is 2.66. The van der Waals surface area contributed by atoms with E-state index in [1.165, 1.54) is 0 Å². The fraction of sp³-hybridized carbons (Fsp3) is 0.167. The van der Waals surface area contributed by atoms with Gasteiger partial charge in [-0.15, -0.1) is 11.8 Å². The van der Waals surface area contributed by atoms with Crippen LogP contribution in [0.2, 0.25) is 5.02 Å². The third-order valence-corrected chi connectivity index (χ3v) is 4.95. The molecule has 8 heteroatoms. The zero-order valence-electron chi connectivity index (χ0n) is 13.8. The van der Waals surface area contributed by atoms with Crippen molar-refractivity contribution in [3.8, 4) is 17.1 Å². The molecule has 3 aromatic rings. The van der Waals surface area contributed by atoms with E-state index in [9.17, 15) is 4.79 Å². The van der Waals surface area contributed by atoms with Crippen molar-refractivity contribution in [2.45, 2.75) is 11.4 Å². The number of benzene rings is 2. The van der Waals surface area contributed by atoms with Gasteiger partial charge in [0.05, 0.1) is 5.69 Å². The number of hydrogen-bond acceptors (Lipinski definition) is 6. The minimum atomic E-state index is -0.177. The molecule has 1 aliphatic heterocycles. The Balaban J connectivity index is 1.58. The summed E-state index contributed by atoms with van der Waals surface area (Å²) in [5.74, 6) is 1.23. The number of nitrogens with zero attached hydrogens (tertiary/aromatic N) is 3. The first-order chi connectivity index (χ1) is 12.6. The third kappa shape index (κ3) is 3.27. The number of halogens is 1. The Morgan fingerprint density at radius 2 is 2.04 bits per heavy atom. The van der Waals surface area contributed by atoms with Gasteiger partial charge in [0.2, 0.25) is 11.7 Å². The summed E-state index contributed by atoms with van der Waals surface area (Å²) >= 11 is 7.65. The van der Waals surface area contributed by atoms with E-state index in [1.54, 1.807) is 34.9 Å². The maximum Gasteiger partial charge on any atom is 0.265 e. The normalized spacial score (nSPS) is 13.5. The van der Waals surface area contributed by atoms with Gasteiger partial charge in [0.1, 0.15) is 12.3 Å². The number of fused-ring (bicyclic) bond motifs is 1. The molecule has 2 aromatic carbocycles. The van der Waals surface area contributed by atoms with Gasteiger partial charge < -0.3 is 9.26 Å². The first kappa shape index (κ1) is 16.9. The molecule has 4 rings (SSSR count). The molecule has 132 valence electrons. The van der Waals surface area contributed by atoms with Gasteiger partial charge in [0.25, 0.3) is 5.91 Å². The molecule has 2 heterocycles. The molecule has 6 nitrogen and oxygen atoms in total. The highest BCUT2D eigenvalue weighted by molar-refractivity contribution is 7.98. The number of hydrogen-bond donors (Lipinski definition) is 0. The third-order valence-electron chi connectivity index (χ3n) is 3.97. The zero-order chi connectivity index (χ0) is 18.1. The van der Waals surface area contributed by atoms with E-state index in [4.69, 9.17) is 20.9 Å². The molecule has 0 atom stereocenters. The highest BCUT2D eigenvalue weighted by Gasteiger charge is 2.27. The fourth-order valence-corrected chi connectivity index (χ4v) is 3.23. The Morgan fingerprint density at radius 1 is 1.23 bits per heavy atom. The lowest BCUT2D eigenvalue weighted by Crippen LogP contribution is -2.38. The van der Waals surface area contributed by atoms with E-state index < -0.39 is 0 Å². The summed E-state index contributed by atoms with van der Waals surface area (Å²) in [7, 11) is 0. The van der Waals surface area contributed by atoms with Crippen molar-refractivity contribution < 1.29 is 14.1 Å².